The molecule has 0 bridgehead atoms. The molecule has 1 N–H and O–H groups in total. The van der Waals surface area contributed by atoms with Crippen LogP contribution in [0.1, 0.15) is 43.9 Å². The minimum absolute atomic E-state index is 0.276. The third-order valence-corrected chi connectivity index (χ3v) is 2.77. The van der Waals surface area contributed by atoms with Crippen LogP contribution in [0.25, 0.3) is 0 Å². The van der Waals surface area contributed by atoms with Crippen molar-refractivity contribution in [3.63, 3.8) is 0 Å². The first-order chi connectivity index (χ1) is 7.90. The highest BCUT2D eigenvalue weighted by Gasteiger charge is 2.19. The Labute approximate surface area is 95.6 Å². The molecule has 90 valence electrons. The average molecular weight is 225 g/mol. The summed E-state index contributed by atoms with van der Waals surface area (Å²) in [6.45, 7) is 4.40. The van der Waals surface area contributed by atoms with Crippen molar-refractivity contribution in [1.82, 2.24) is 15.5 Å². The summed E-state index contributed by atoms with van der Waals surface area (Å²) >= 11 is 0. The lowest BCUT2D eigenvalue weighted by Gasteiger charge is -2.19. The predicted octanol–water partition coefficient (Wildman–Crippen LogP) is 1.46. The maximum Gasteiger partial charge on any atom is 0.229 e. The van der Waals surface area contributed by atoms with Crippen LogP contribution < -0.4 is 5.32 Å². The van der Waals surface area contributed by atoms with Gasteiger partial charge in [-0.25, -0.2) is 0 Å². The summed E-state index contributed by atoms with van der Waals surface area (Å²) in [4.78, 5) is 4.39. The van der Waals surface area contributed by atoms with Gasteiger partial charge in [0.25, 0.3) is 0 Å². The van der Waals surface area contributed by atoms with E-state index in [4.69, 9.17) is 9.26 Å². The highest BCUT2D eigenvalue weighted by Crippen LogP contribution is 2.20. The second kappa shape index (κ2) is 5.96. The van der Waals surface area contributed by atoms with Crippen molar-refractivity contribution in [2.75, 3.05) is 19.8 Å². The van der Waals surface area contributed by atoms with E-state index in [-0.39, 0.29) is 6.04 Å². The van der Waals surface area contributed by atoms with Crippen LogP contribution in [0.5, 0.6) is 0 Å². The van der Waals surface area contributed by atoms with Gasteiger partial charge in [-0.1, -0.05) is 11.6 Å². The van der Waals surface area contributed by atoms with E-state index >= 15 is 0 Å². The van der Waals surface area contributed by atoms with Gasteiger partial charge in [-0.15, -0.1) is 0 Å². The maximum atomic E-state index is 5.25. The summed E-state index contributed by atoms with van der Waals surface area (Å²) < 4.78 is 10.4. The molecule has 0 saturated carbocycles. The lowest BCUT2D eigenvalue weighted by atomic mass is 10.0. The van der Waals surface area contributed by atoms with Gasteiger partial charge in [0.05, 0.1) is 19.1 Å². The Morgan fingerprint density at radius 3 is 3.19 bits per heavy atom. The zero-order valence-corrected chi connectivity index (χ0v) is 9.74. The molecule has 1 aromatic heterocycles. The van der Waals surface area contributed by atoms with E-state index in [1.54, 1.807) is 0 Å². The number of hydrogen-bond acceptors (Lipinski definition) is 5. The summed E-state index contributed by atoms with van der Waals surface area (Å²) in [5, 5.41) is 7.41. The van der Waals surface area contributed by atoms with E-state index in [0.717, 1.165) is 25.4 Å². The largest absolute Gasteiger partial charge is 0.381 e. The molecule has 1 aliphatic rings. The van der Waals surface area contributed by atoms with Crippen molar-refractivity contribution >= 4 is 0 Å². The molecule has 0 amide bonds. The highest BCUT2D eigenvalue weighted by atomic mass is 16.5. The Kier molecular flexibility index (Phi) is 4.30. The van der Waals surface area contributed by atoms with E-state index in [0.29, 0.717) is 18.9 Å². The van der Waals surface area contributed by atoms with Crippen molar-refractivity contribution in [3.8, 4) is 0 Å². The molecule has 16 heavy (non-hydrogen) atoms. The van der Waals surface area contributed by atoms with Crippen molar-refractivity contribution in [2.45, 2.75) is 38.6 Å². The van der Waals surface area contributed by atoms with E-state index in [2.05, 4.69) is 15.5 Å². The first kappa shape index (κ1) is 11.5. The van der Waals surface area contributed by atoms with Crippen LogP contribution in [-0.4, -0.2) is 29.9 Å². The van der Waals surface area contributed by atoms with Gasteiger partial charge in [0.15, 0.2) is 5.82 Å². The van der Waals surface area contributed by atoms with Gasteiger partial charge in [0.2, 0.25) is 5.89 Å². The Morgan fingerprint density at radius 1 is 1.50 bits per heavy atom. The van der Waals surface area contributed by atoms with Crippen molar-refractivity contribution in [2.24, 2.45) is 0 Å². The summed E-state index contributed by atoms with van der Waals surface area (Å²) in [5.41, 5.74) is 0. The maximum absolute atomic E-state index is 5.25. The zero-order valence-electron chi connectivity index (χ0n) is 9.74. The minimum Gasteiger partial charge on any atom is -0.381 e. The van der Waals surface area contributed by atoms with E-state index in [1.807, 2.05) is 6.92 Å². The van der Waals surface area contributed by atoms with Crippen LogP contribution in [0.3, 0.4) is 0 Å². The number of nitrogens with zero attached hydrogens (tertiary/aromatic N) is 2. The first-order valence-corrected chi connectivity index (χ1v) is 6.03. The fraction of sp³-hybridized carbons (Fsp3) is 0.818. The van der Waals surface area contributed by atoms with Crippen LogP contribution in [0, 0.1) is 0 Å². The normalized spacial score (nSPS) is 21.2. The van der Waals surface area contributed by atoms with Crippen LogP contribution in [0.15, 0.2) is 4.52 Å². The Balaban J connectivity index is 1.85. The number of hydrogen-bond donors (Lipinski definition) is 1. The molecule has 0 radical (unpaired) electrons. The number of aromatic nitrogens is 2. The van der Waals surface area contributed by atoms with E-state index in [1.165, 1.54) is 12.8 Å². The second-order valence-electron chi connectivity index (χ2n) is 4.00. The van der Waals surface area contributed by atoms with Gasteiger partial charge in [0.1, 0.15) is 0 Å². The SMILES string of the molecule is CCOCCc1nc(C2CCCCN2)no1. The van der Waals surface area contributed by atoms with Gasteiger partial charge in [0, 0.05) is 6.61 Å². The van der Waals surface area contributed by atoms with Gasteiger partial charge >= 0.3 is 0 Å². The Hall–Kier alpha value is -0.940. The van der Waals surface area contributed by atoms with Crippen molar-refractivity contribution < 1.29 is 9.26 Å². The molecule has 2 heterocycles. The van der Waals surface area contributed by atoms with Crippen LogP contribution in [-0.2, 0) is 11.2 Å². The number of piperidine rings is 1. The molecule has 1 unspecified atom stereocenters. The molecule has 5 nitrogen and oxygen atoms in total. The van der Waals surface area contributed by atoms with Crippen LogP contribution in [0.2, 0.25) is 0 Å². The highest BCUT2D eigenvalue weighted by molar-refractivity contribution is 4.95. The topological polar surface area (TPSA) is 60.2 Å². The summed E-state index contributed by atoms with van der Waals surface area (Å²) in [6.07, 6.45) is 4.28. The molecule has 1 fully saturated rings. The molecule has 1 aromatic rings. The fourth-order valence-electron chi connectivity index (χ4n) is 1.89. The number of rotatable bonds is 5. The summed E-state index contributed by atoms with van der Waals surface area (Å²) in [7, 11) is 0. The van der Waals surface area contributed by atoms with Gasteiger partial charge in [-0.2, -0.15) is 4.98 Å². The fourth-order valence-corrected chi connectivity index (χ4v) is 1.89. The molecule has 1 aliphatic heterocycles. The molecular formula is C11H19N3O2. The third kappa shape index (κ3) is 3.02. The molecule has 0 spiro atoms. The molecule has 1 saturated heterocycles. The van der Waals surface area contributed by atoms with Crippen molar-refractivity contribution in [1.29, 1.82) is 0 Å². The molecule has 2 rings (SSSR count). The van der Waals surface area contributed by atoms with Crippen LogP contribution >= 0.6 is 0 Å². The predicted molar refractivity (Wildman–Crippen MR) is 59.1 cm³/mol. The van der Waals surface area contributed by atoms with Gasteiger partial charge in [-0.3, -0.25) is 0 Å². The number of ether oxygens (including phenoxy) is 1. The van der Waals surface area contributed by atoms with E-state index < -0.39 is 0 Å². The monoisotopic (exact) mass is 225 g/mol. The van der Waals surface area contributed by atoms with E-state index in [9.17, 15) is 0 Å². The third-order valence-electron chi connectivity index (χ3n) is 2.77. The molecule has 1 atom stereocenters. The standard InChI is InChI=1S/C11H19N3O2/c1-2-15-8-6-10-13-11(14-16-10)9-5-3-4-7-12-9/h9,12H,2-8H2,1H3. The smallest absolute Gasteiger partial charge is 0.229 e. The minimum atomic E-state index is 0.276. The quantitative estimate of drug-likeness (QED) is 0.769. The molecular weight excluding hydrogens is 206 g/mol. The average Bonchev–Trinajstić information content (AvgIpc) is 2.79. The van der Waals surface area contributed by atoms with Crippen LogP contribution in [0.4, 0.5) is 0 Å². The second-order valence-corrected chi connectivity index (χ2v) is 4.00. The lowest BCUT2D eigenvalue weighted by molar-refractivity contribution is 0.144. The van der Waals surface area contributed by atoms with Gasteiger partial charge in [-0.05, 0) is 26.3 Å². The Bertz CT molecular complexity index is 308. The Morgan fingerprint density at radius 2 is 2.44 bits per heavy atom. The van der Waals surface area contributed by atoms with Crippen molar-refractivity contribution in [3.05, 3.63) is 11.7 Å². The summed E-state index contributed by atoms with van der Waals surface area (Å²) in [5.74, 6) is 1.47. The number of nitrogens with one attached hydrogen (secondary N) is 1. The first-order valence-electron chi connectivity index (χ1n) is 6.03. The summed E-state index contributed by atoms with van der Waals surface area (Å²) in [6, 6.07) is 0.276. The molecule has 0 aromatic carbocycles. The molecule has 5 heteroatoms. The lowest BCUT2D eigenvalue weighted by Crippen LogP contribution is -2.27. The zero-order chi connectivity index (χ0) is 11.2. The molecule has 0 aliphatic carbocycles. The van der Waals surface area contributed by atoms with Gasteiger partial charge < -0.3 is 14.6 Å².